The molecular formula is C16H15Br2NO2S. The molecule has 0 bridgehead atoms. The molecule has 0 unspecified atom stereocenters. The number of carbonyl (C=O) groups excluding carboxylic acids is 1. The van der Waals surface area contributed by atoms with Crippen molar-refractivity contribution in [2.45, 2.75) is 18.9 Å². The molecule has 1 aromatic heterocycles. The highest BCUT2D eigenvalue weighted by Crippen LogP contribution is 2.34. The highest BCUT2D eigenvalue weighted by atomic mass is 79.9. The van der Waals surface area contributed by atoms with E-state index in [-0.39, 0.29) is 18.6 Å². The van der Waals surface area contributed by atoms with Crippen LogP contribution in [-0.4, -0.2) is 24.0 Å². The van der Waals surface area contributed by atoms with Crippen LogP contribution in [0.3, 0.4) is 0 Å². The lowest BCUT2D eigenvalue weighted by Gasteiger charge is -2.24. The quantitative estimate of drug-likeness (QED) is 0.662. The zero-order chi connectivity index (χ0) is 15.5. The monoisotopic (exact) mass is 443 g/mol. The average Bonchev–Trinajstić information content (AvgIpc) is 3.16. The maximum absolute atomic E-state index is 12.5. The summed E-state index contributed by atoms with van der Waals surface area (Å²) in [5, 5.41) is 2.06. The van der Waals surface area contributed by atoms with Crippen LogP contribution in [0.2, 0.25) is 0 Å². The molecule has 1 aliphatic rings. The molecule has 0 spiro atoms. The average molecular weight is 445 g/mol. The van der Waals surface area contributed by atoms with E-state index in [9.17, 15) is 4.79 Å². The van der Waals surface area contributed by atoms with E-state index in [0.29, 0.717) is 5.75 Å². The second-order valence-corrected chi connectivity index (χ2v) is 7.87. The Morgan fingerprint density at radius 2 is 2.23 bits per heavy atom. The fourth-order valence-electron chi connectivity index (χ4n) is 2.66. The van der Waals surface area contributed by atoms with Crippen molar-refractivity contribution in [1.82, 2.24) is 4.90 Å². The summed E-state index contributed by atoms with van der Waals surface area (Å²) >= 11 is 8.56. The zero-order valence-electron chi connectivity index (χ0n) is 11.8. The van der Waals surface area contributed by atoms with Gasteiger partial charge < -0.3 is 9.64 Å². The molecule has 3 rings (SSSR count). The van der Waals surface area contributed by atoms with Crippen LogP contribution in [0.1, 0.15) is 23.8 Å². The Kier molecular flexibility index (Phi) is 5.21. The van der Waals surface area contributed by atoms with Gasteiger partial charge in [0.2, 0.25) is 0 Å². The first-order valence-electron chi connectivity index (χ1n) is 7.06. The van der Waals surface area contributed by atoms with Gasteiger partial charge in [-0.05, 0) is 58.4 Å². The van der Waals surface area contributed by atoms with Crippen LogP contribution in [0.15, 0.2) is 44.7 Å². The summed E-state index contributed by atoms with van der Waals surface area (Å²) in [7, 11) is 0. The van der Waals surface area contributed by atoms with E-state index in [1.807, 2.05) is 29.2 Å². The van der Waals surface area contributed by atoms with Crippen molar-refractivity contribution in [2.75, 3.05) is 13.2 Å². The topological polar surface area (TPSA) is 29.5 Å². The van der Waals surface area contributed by atoms with Crippen LogP contribution in [0.5, 0.6) is 5.75 Å². The number of likely N-dealkylation sites (tertiary alicyclic amines) is 1. The minimum Gasteiger partial charge on any atom is -0.483 e. The molecular weight excluding hydrogens is 430 g/mol. The molecule has 116 valence electrons. The summed E-state index contributed by atoms with van der Waals surface area (Å²) in [6.45, 7) is 0.883. The SMILES string of the molecule is O=C(COc1ccc(Br)cc1Br)N1CCC[C@H]1c1cccs1. The minimum absolute atomic E-state index is 0.0470. The third-order valence-electron chi connectivity index (χ3n) is 3.69. The van der Waals surface area contributed by atoms with Gasteiger partial charge in [0.15, 0.2) is 6.61 Å². The third-order valence-corrected chi connectivity index (χ3v) is 5.78. The van der Waals surface area contributed by atoms with Crippen LogP contribution in [0, 0.1) is 0 Å². The molecule has 1 atom stereocenters. The first-order chi connectivity index (χ1) is 10.6. The van der Waals surface area contributed by atoms with Gasteiger partial charge in [0.25, 0.3) is 5.91 Å². The van der Waals surface area contributed by atoms with E-state index in [0.717, 1.165) is 28.3 Å². The summed E-state index contributed by atoms with van der Waals surface area (Å²) in [5.41, 5.74) is 0. The van der Waals surface area contributed by atoms with Gasteiger partial charge >= 0.3 is 0 Å². The van der Waals surface area contributed by atoms with Gasteiger partial charge in [-0.15, -0.1) is 11.3 Å². The highest BCUT2D eigenvalue weighted by Gasteiger charge is 2.30. The number of nitrogens with zero attached hydrogens (tertiary/aromatic N) is 1. The Bertz CT molecular complexity index is 660. The number of halogens is 2. The van der Waals surface area contributed by atoms with Crippen molar-refractivity contribution in [1.29, 1.82) is 0 Å². The van der Waals surface area contributed by atoms with Crippen molar-refractivity contribution >= 4 is 49.1 Å². The Morgan fingerprint density at radius 1 is 1.36 bits per heavy atom. The number of rotatable bonds is 4. The molecule has 2 heterocycles. The van der Waals surface area contributed by atoms with Gasteiger partial charge in [0.1, 0.15) is 5.75 Å². The summed E-state index contributed by atoms with van der Waals surface area (Å²) in [6, 6.07) is 10.0. The molecule has 1 aliphatic heterocycles. The zero-order valence-corrected chi connectivity index (χ0v) is 15.8. The first-order valence-corrected chi connectivity index (χ1v) is 9.52. The fraction of sp³-hybridized carbons (Fsp3) is 0.312. The maximum atomic E-state index is 12.5. The van der Waals surface area contributed by atoms with Crippen molar-refractivity contribution in [2.24, 2.45) is 0 Å². The number of hydrogen-bond acceptors (Lipinski definition) is 3. The normalized spacial score (nSPS) is 17.7. The summed E-state index contributed by atoms with van der Waals surface area (Å²) in [4.78, 5) is 15.7. The van der Waals surface area contributed by atoms with Crippen molar-refractivity contribution in [3.05, 3.63) is 49.5 Å². The lowest BCUT2D eigenvalue weighted by Crippen LogP contribution is -2.34. The Balaban J connectivity index is 1.64. The van der Waals surface area contributed by atoms with Crippen molar-refractivity contribution in [3.8, 4) is 5.75 Å². The summed E-state index contributed by atoms with van der Waals surface area (Å²) in [5.74, 6) is 0.731. The van der Waals surface area contributed by atoms with E-state index in [1.54, 1.807) is 11.3 Å². The van der Waals surface area contributed by atoms with Crippen LogP contribution < -0.4 is 4.74 Å². The van der Waals surface area contributed by atoms with Gasteiger partial charge in [-0.2, -0.15) is 0 Å². The molecule has 6 heteroatoms. The standard InChI is InChI=1S/C16H15Br2NO2S/c17-11-5-6-14(12(18)9-11)21-10-16(20)19-7-1-3-13(19)15-4-2-8-22-15/h2,4-6,8-9,13H,1,3,7,10H2/t13-/m0/s1. The van der Waals surface area contributed by atoms with Gasteiger partial charge in [-0.1, -0.05) is 22.0 Å². The number of thiophene rings is 1. The number of benzene rings is 1. The Labute approximate surface area is 150 Å². The Morgan fingerprint density at radius 3 is 2.95 bits per heavy atom. The molecule has 0 saturated carbocycles. The molecule has 1 amide bonds. The predicted molar refractivity (Wildman–Crippen MR) is 95.3 cm³/mol. The lowest BCUT2D eigenvalue weighted by molar-refractivity contribution is -0.134. The van der Waals surface area contributed by atoms with E-state index < -0.39 is 0 Å². The molecule has 22 heavy (non-hydrogen) atoms. The molecule has 0 radical (unpaired) electrons. The number of hydrogen-bond donors (Lipinski definition) is 0. The van der Waals surface area contributed by atoms with E-state index in [2.05, 4.69) is 43.3 Å². The molecule has 2 aromatic rings. The van der Waals surface area contributed by atoms with Gasteiger partial charge in [0.05, 0.1) is 10.5 Å². The maximum Gasteiger partial charge on any atom is 0.261 e. The summed E-state index contributed by atoms with van der Waals surface area (Å²) in [6.07, 6.45) is 2.09. The third kappa shape index (κ3) is 3.55. The lowest BCUT2D eigenvalue weighted by atomic mass is 10.2. The van der Waals surface area contributed by atoms with Crippen LogP contribution >= 0.6 is 43.2 Å². The van der Waals surface area contributed by atoms with E-state index in [4.69, 9.17) is 4.74 Å². The molecule has 1 fully saturated rings. The number of amides is 1. The first kappa shape index (κ1) is 16.0. The molecule has 1 aromatic carbocycles. The predicted octanol–water partition coefficient (Wildman–Crippen LogP) is 5.02. The highest BCUT2D eigenvalue weighted by molar-refractivity contribution is 9.11. The molecule has 3 nitrogen and oxygen atoms in total. The van der Waals surface area contributed by atoms with Crippen LogP contribution in [-0.2, 0) is 4.79 Å². The molecule has 0 aliphatic carbocycles. The Hall–Kier alpha value is -0.850. The minimum atomic E-state index is 0.0470. The van der Waals surface area contributed by atoms with Crippen LogP contribution in [0.4, 0.5) is 0 Å². The van der Waals surface area contributed by atoms with Crippen molar-refractivity contribution in [3.63, 3.8) is 0 Å². The van der Waals surface area contributed by atoms with Gasteiger partial charge in [-0.25, -0.2) is 0 Å². The van der Waals surface area contributed by atoms with Gasteiger partial charge in [-0.3, -0.25) is 4.79 Å². The largest absolute Gasteiger partial charge is 0.483 e. The fourth-order valence-corrected chi connectivity index (χ4v) is 4.69. The molecule has 0 N–H and O–H groups in total. The van der Waals surface area contributed by atoms with E-state index in [1.165, 1.54) is 4.88 Å². The van der Waals surface area contributed by atoms with Gasteiger partial charge in [0, 0.05) is 15.9 Å². The van der Waals surface area contributed by atoms with Crippen LogP contribution in [0.25, 0.3) is 0 Å². The van der Waals surface area contributed by atoms with E-state index >= 15 is 0 Å². The number of carbonyl (C=O) groups is 1. The number of ether oxygens (including phenoxy) is 1. The second kappa shape index (κ2) is 7.15. The smallest absolute Gasteiger partial charge is 0.261 e. The second-order valence-electron chi connectivity index (χ2n) is 5.12. The van der Waals surface area contributed by atoms with Crippen molar-refractivity contribution < 1.29 is 9.53 Å². The molecule has 1 saturated heterocycles. The summed E-state index contributed by atoms with van der Waals surface area (Å²) < 4.78 is 7.48.